The molecule has 0 spiro atoms. The molecule has 0 unspecified atom stereocenters. The summed E-state index contributed by atoms with van der Waals surface area (Å²) in [6.45, 7) is 0.405. The maximum Gasteiger partial charge on any atom is 0.339 e. The third-order valence-electron chi connectivity index (χ3n) is 8.59. The number of likely N-dealkylation sites (tertiary alicyclic amines) is 1. The third kappa shape index (κ3) is 4.11. The van der Waals surface area contributed by atoms with Gasteiger partial charge in [-0.15, -0.1) is 0 Å². The van der Waals surface area contributed by atoms with Crippen molar-refractivity contribution < 1.29 is 19.1 Å². The Bertz CT molecular complexity index is 1330. The molecule has 1 saturated carbocycles. The number of carbonyl (C=O) groups excluding carboxylic acids is 1. The van der Waals surface area contributed by atoms with Crippen LogP contribution in [-0.4, -0.2) is 34.7 Å². The summed E-state index contributed by atoms with van der Waals surface area (Å²) in [6.07, 6.45) is 8.17. The van der Waals surface area contributed by atoms with Gasteiger partial charge in [0.25, 0.3) is 5.91 Å². The molecular formula is C30H33NO5. The molecule has 2 fully saturated rings. The van der Waals surface area contributed by atoms with E-state index in [-0.39, 0.29) is 30.1 Å². The number of rotatable bonds is 4. The van der Waals surface area contributed by atoms with Crippen LogP contribution in [0.25, 0.3) is 11.0 Å². The molecule has 2 heterocycles. The molecule has 36 heavy (non-hydrogen) atoms. The molecule has 3 aliphatic rings. The van der Waals surface area contributed by atoms with Gasteiger partial charge in [-0.1, -0.05) is 43.2 Å². The fraction of sp³-hybridized carbons (Fsp3) is 0.467. The molecule has 1 N–H and O–H groups in total. The van der Waals surface area contributed by atoms with E-state index in [1.807, 2.05) is 35.2 Å². The highest BCUT2D eigenvalue weighted by Crippen LogP contribution is 2.49. The number of hydrogen-bond donors (Lipinski definition) is 1. The predicted octanol–water partition coefficient (Wildman–Crippen LogP) is 4.95. The maximum absolute atomic E-state index is 13.5. The SMILES string of the molecule is O=C(COc1ccc2c3c(c(=O)oc2c1)CCCC3)N1CC[C@]2(O)CCCC[C@@H]2[C@@H]1c1ccccc1. The number of piperidine rings is 1. The fourth-order valence-corrected chi connectivity index (χ4v) is 6.77. The number of nitrogens with zero attached hydrogens (tertiary/aromatic N) is 1. The van der Waals surface area contributed by atoms with Gasteiger partial charge in [0.1, 0.15) is 11.3 Å². The first-order valence-corrected chi connectivity index (χ1v) is 13.3. The molecule has 2 aromatic carbocycles. The van der Waals surface area contributed by atoms with Crippen LogP contribution < -0.4 is 10.4 Å². The lowest BCUT2D eigenvalue weighted by molar-refractivity contribution is -0.157. The van der Waals surface area contributed by atoms with Crippen molar-refractivity contribution in [2.24, 2.45) is 5.92 Å². The van der Waals surface area contributed by atoms with Gasteiger partial charge < -0.3 is 19.2 Å². The van der Waals surface area contributed by atoms with Crippen molar-refractivity contribution in [1.82, 2.24) is 4.90 Å². The molecule has 6 heteroatoms. The topological polar surface area (TPSA) is 80.0 Å². The number of aryl methyl sites for hydroxylation is 1. The summed E-state index contributed by atoms with van der Waals surface area (Å²) in [7, 11) is 0. The smallest absolute Gasteiger partial charge is 0.339 e. The maximum atomic E-state index is 13.5. The molecule has 0 bridgehead atoms. The average molecular weight is 488 g/mol. The Kier molecular flexibility index (Phi) is 6.08. The Balaban J connectivity index is 1.23. The highest BCUT2D eigenvalue weighted by molar-refractivity contribution is 5.83. The number of fused-ring (bicyclic) bond motifs is 4. The van der Waals surface area contributed by atoms with Crippen LogP contribution in [0.5, 0.6) is 5.75 Å². The minimum atomic E-state index is -0.717. The standard InChI is InChI=1S/C30H33NO5/c32-27(19-35-21-13-14-23-22-10-4-5-11-24(22)29(33)36-26(23)18-21)31-17-16-30(34)15-7-6-12-25(30)28(31)20-8-2-1-3-9-20/h1-3,8-9,13-14,18,25,28,34H,4-7,10-12,15-17,19H2/t25-,28+,30-/m1/s1. The highest BCUT2D eigenvalue weighted by Gasteiger charge is 2.50. The third-order valence-corrected chi connectivity index (χ3v) is 8.59. The number of carbonyl (C=O) groups is 1. The van der Waals surface area contributed by atoms with E-state index in [0.717, 1.165) is 73.4 Å². The summed E-state index contributed by atoms with van der Waals surface area (Å²) in [5, 5.41) is 12.4. The van der Waals surface area contributed by atoms with Crippen molar-refractivity contribution in [3.63, 3.8) is 0 Å². The van der Waals surface area contributed by atoms with E-state index in [0.29, 0.717) is 24.3 Å². The molecule has 1 aromatic heterocycles. The van der Waals surface area contributed by atoms with E-state index in [2.05, 4.69) is 12.1 Å². The quantitative estimate of drug-likeness (QED) is 0.527. The summed E-state index contributed by atoms with van der Waals surface area (Å²) < 4.78 is 11.6. The zero-order valence-electron chi connectivity index (χ0n) is 20.6. The number of hydrogen-bond acceptors (Lipinski definition) is 5. The number of amides is 1. The summed E-state index contributed by atoms with van der Waals surface area (Å²) in [4.78, 5) is 27.9. The Hall–Kier alpha value is -3.12. The van der Waals surface area contributed by atoms with Crippen molar-refractivity contribution in [2.45, 2.75) is 69.4 Å². The number of benzene rings is 2. The Morgan fingerprint density at radius 3 is 2.67 bits per heavy atom. The van der Waals surface area contributed by atoms with Gasteiger partial charge >= 0.3 is 5.63 Å². The Labute approximate surface area is 210 Å². The Morgan fingerprint density at radius 2 is 1.83 bits per heavy atom. The van der Waals surface area contributed by atoms with Gasteiger partial charge in [0.05, 0.1) is 11.6 Å². The van der Waals surface area contributed by atoms with Gasteiger partial charge in [0.15, 0.2) is 6.61 Å². The van der Waals surface area contributed by atoms with Crippen LogP contribution in [0, 0.1) is 5.92 Å². The van der Waals surface area contributed by atoms with Crippen molar-refractivity contribution in [1.29, 1.82) is 0 Å². The van der Waals surface area contributed by atoms with Crippen LogP contribution in [0.1, 0.15) is 67.7 Å². The molecule has 6 rings (SSSR count). The lowest BCUT2D eigenvalue weighted by atomic mass is 9.66. The van der Waals surface area contributed by atoms with Crippen LogP contribution in [-0.2, 0) is 17.6 Å². The van der Waals surface area contributed by atoms with Crippen molar-refractivity contribution in [3.8, 4) is 5.75 Å². The van der Waals surface area contributed by atoms with Crippen molar-refractivity contribution in [2.75, 3.05) is 13.2 Å². The second-order valence-electron chi connectivity index (χ2n) is 10.6. The fourth-order valence-electron chi connectivity index (χ4n) is 6.77. The monoisotopic (exact) mass is 487 g/mol. The zero-order valence-corrected chi connectivity index (χ0v) is 20.6. The number of aliphatic hydroxyl groups is 1. The predicted molar refractivity (Wildman–Crippen MR) is 137 cm³/mol. The van der Waals surface area contributed by atoms with Gasteiger partial charge in [0, 0.05) is 29.5 Å². The van der Waals surface area contributed by atoms with E-state index < -0.39 is 5.60 Å². The molecule has 6 nitrogen and oxygen atoms in total. The Morgan fingerprint density at radius 1 is 1.03 bits per heavy atom. The van der Waals surface area contributed by atoms with Gasteiger partial charge in [-0.25, -0.2) is 4.79 Å². The van der Waals surface area contributed by atoms with E-state index in [4.69, 9.17) is 9.15 Å². The molecule has 188 valence electrons. The van der Waals surface area contributed by atoms with E-state index in [1.165, 1.54) is 0 Å². The minimum absolute atomic E-state index is 0.0208. The largest absolute Gasteiger partial charge is 0.484 e. The zero-order chi connectivity index (χ0) is 24.7. The molecule has 0 radical (unpaired) electrons. The molecular weight excluding hydrogens is 454 g/mol. The van der Waals surface area contributed by atoms with Crippen molar-refractivity contribution in [3.05, 3.63) is 75.6 Å². The first-order chi connectivity index (χ1) is 17.5. The van der Waals surface area contributed by atoms with Crippen LogP contribution in [0.3, 0.4) is 0 Å². The van der Waals surface area contributed by atoms with E-state index >= 15 is 0 Å². The van der Waals surface area contributed by atoms with Gasteiger partial charge in [-0.2, -0.15) is 0 Å². The number of ether oxygens (including phenoxy) is 1. The average Bonchev–Trinajstić information content (AvgIpc) is 2.91. The van der Waals surface area contributed by atoms with Crippen molar-refractivity contribution >= 4 is 16.9 Å². The molecule has 2 aliphatic carbocycles. The molecule has 3 atom stereocenters. The van der Waals surface area contributed by atoms with Gasteiger partial charge in [-0.05, 0) is 68.2 Å². The lowest BCUT2D eigenvalue weighted by Gasteiger charge is -2.52. The highest BCUT2D eigenvalue weighted by atomic mass is 16.5. The molecule has 3 aromatic rings. The summed E-state index contributed by atoms with van der Waals surface area (Å²) >= 11 is 0. The van der Waals surface area contributed by atoms with Crippen LogP contribution >= 0.6 is 0 Å². The van der Waals surface area contributed by atoms with E-state index in [1.54, 1.807) is 6.07 Å². The minimum Gasteiger partial charge on any atom is -0.484 e. The second kappa shape index (κ2) is 9.40. The molecule has 1 amide bonds. The van der Waals surface area contributed by atoms with Gasteiger partial charge in [0.2, 0.25) is 0 Å². The van der Waals surface area contributed by atoms with E-state index in [9.17, 15) is 14.7 Å². The summed E-state index contributed by atoms with van der Waals surface area (Å²) in [5.41, 5.74) is 2.49. The molecule has 1 aliphatic heterocycles. The lowest BCUT2D eigenvalue weighted by Crippen LogP contribution is -2.56. The van der Waals surface area contributed by atoms with Crippen LogP contribution in [0.15, 0.2) is 57.7 Å². The summed E-state index contributed by atoms with van der Waals surface area (Å²) in [5.74, 6) is 0.438. The summed E-state index contributed by atoms with van der Waals surface area (Å²) in [6, 6.07) is 15.4. The molecule has 1 saturated heterocycles. The first kappa shape index (κ1) is 23.3. The van der Waals surface area contributed by atoms with Crippen LogP contribution in [0.4, 0.5) is 0 Å². The van der Waals surface area contributed by atoms with Crippen LogP contribution in [0.2, 0.25) is 0 Å². The van der Waals surface area contributed by atoms with Gasteiger partial charge in [-0.3, -0.25) is 4.79 Å². The normalized spacial score (nSPS) is 25.8. The first-order valence-electron chi connectivity index (χ1n) is 13.3. The second-order valence-corrected chi connectivity index (χ2v) is 10.6.